The summed E-state index contributed by atoms with van der Waals surface area (Å²) in [5.74, 6) is -1.41. The van der Waals surface area contributed by atoms with Crippen LogP contribution >= 0.6 is 0 Å². The van der Waals surface area contributed by atoms with Crippen molar-refractivity contribution in [3.63, 3.8) is 0 Å². The summed E-state index contributed by atoms with van der Waals surface area (Å²) in [5.41, 5.74) is 0.864. The number of nitrogens with zero attached hydrogens (tertiary/aromatic N) is 1. The van der Waals surface area contributed by atoms with Gasteiger partial charge in [0.15, 0.2) is 0 Å². The van der Waals surface area contributed by atoms with Crippen molar-refractivity contribution in [1.29, 1.82) is 0 Å². The van der Waals surface area contributed by atoms with Gasteiger partial charge in [-0.25, -0.2) is 18.1 Å². The van der Waals surface area contributed by atoms with Gasteiger partial charge in [-0.1, -0.05) is 6.07 Å². The predicted molar refractivity (Wildman–Crippen MR) is 86.8 cm³/mol. The lowest BCUT2D eigenvalue weighted by molar-refractivity contribution is 0.0535. The van der Waals surface area contributed by atoms with Crippen LogP contribution in [0.1, 0.15) is 32.0 Å². The number of hydrogen-bond donors (Lipinski definition) is 1. The number of carbonyl (C=O) groups is 1. The third kappa shape index (κ3) is 3.06. The standard InChI is InChI=1S/C18H20F2N2O2/c1-18(2,3)24-17(23)22-14-7-8-21-10-11(14)9-15(22)16-12(19)5-4-6-13(16)20/h4-6,9,21H,7-8,10H2,1-3H3. The van der Waals surface area contributed by atoms with Crippen molar-refractivity contribution in [3.8, 4) is 11.3 Å². The molecule has 1 aromatic carbocycles. The van der Waals surface area contributed by atoms with Gasteiger partial charge in [0.05, 0.1) is 11.3 Å². The SMILES string of the molecule is CC(C)(C)OC(=O)n1c(-c2c(F)cccc2F)cc2c1CCNC2. The van der Waals surface area contributed by atoms with E-state index in [0.29, 0.717) is 19.5 Å². The Balaban J connectivity index is 2.19. The van der Waals surface area contributed by atoms with E-state index in [0.717, 1.165) is 11.3 Å². The molecule has 0 unspecified atom stereocenters. The van der Waals surface area contributed by atoms with E-state index in [-0.39, 0.29) is 11.3 Å². The minimum Gasteiger partial charge on any atom is -0.443 e. The molecule has 1 aromatic heterocycles. The largest absolute Gasteiger partial charge is 0.443 e. The maximum Gasteiger partial charge on any atom is 0.419 e. The molecule has 1 aliphatic heterocycles. The number of hydrogen-bond acceptors (Lipinski definition) is 3. The van der Waals surface area contributed by atoms with Crippen LogP contribution in [-0.2, 0) is 17.7 Å². The van der Waals surface area contributed by atoms with E-state index in [4.69, 9.17) is 4.74 Å². The maximum atomic E-state index is 14.3. The number of fused-ring (bicyclic) bond motifs is 1. The quantitative estimate of drug-likeness (QED) is 0.861. The third-order valence-electron chi connectivity index (χ3n) is 3.84. The Morgan fingerprint density at radius 1 is 1.25 bits per heavy atom. The Hall–Kier alpha value is -2.21. The highest BCUT2D eigenvalue weighted by atomic mass is 19.1. The average molecular weight is 334 g/mol. The smallest absolute Gasteiger partial charge is 0.419 e. The van der Waals surface area contributed by atoms with E-state index in [1.807, 2.05) is 0 Å². The van der Waals surface area contributed by atoms with Crippen LogP contribution in [0.4, 0.5) is 13.6 Å². The van der Waals surface area contributed by atoms with E-state index in [2.05, 4.69) is 5.32 Å². The molecule has 24 heavy (non-hydrogen) atoms. The first kappa shape index (κ1) is 16.6. The van der Waals surface area contributed by atoms with Crippen LogP contribution in [0.25, 0.3) is 11.3 Å². The lowest BCUT2D eigenvalue weighted by atomic mass is 10.1. The highest BCUT2D eigenvalue weighted by molar-refractivity contribution is 5.81. The summed E-state index contributed by atoms with van der Waals surface area (Å²) >= 11 is 0. The fraction of sp³-hybridized carbons (Fsp3) is 0.389. The van der Waals surface area contributed by atoms with Crippen LogP contribution in [-0.4, -0.2) is 22.8 Å². The molecule has 6 heteroatoms. The number of rotatable bonds is 1. The number of aromatic nitrogens is 1. The van der Waals surface area contributed by atoms with Crippen LogP contribution in [0.5, 0.6) is 0 Å². The van der Waals surface area contributed by atoms with Crippen molar-refractivity contribution < 1.29 is 18.3 Å². The molecule has 3 rings (SSSR count). The molecular weight excluding hydrogens is 314 g/mol. The van der Waals surface area contributed by atoms with E-state index < -0.39 is 23.3 Å². The molecular formula is C18H20F2N2O2. The first-order chi connectivity index (χ1) is 11.3. The molecule has 0 bridgehead atoms. The van der Waals surface area contributed by atoms with Gasteiger partial charge in [-0.2, -0.15) is 0 Å². The zero-order chi connectivity index (χ0) is 17.5. The van der Waals surface area contributed by atoms with Crippen molar-refractivity contribution >= 4 is 6.09 Å². The minimum absolute atomic E-state index is 0.188. The number of ether oxygens (including phenoxy) is 1. The third-order valence-corrected chi connectivity index (χ3v) is 3.84. The summed E-state index contributed by atoms with van der Waals surface area (Å²) in [5, 5.41) is 3.20. The molecule has 0 spiro atoms. The summed E-state index contributed by atoms with van der Waals surface area (Å²) in [6.45, 7) is 6.51. The Bertz CT molecular complexity index is 771. The van der Waals surface area contributed by atoms with Crippen LogP contribution in [0.3, 0.4) is 0 Å². The normalized spacial score (nSPS) is 14.4. The number of nitrogens with one attached hydrogen (secondary N) is 1. The Morgan fingerprint density at radius 2 is 1.92 bits per heavy atom. The van der Waals surface area contributed by atoms with Gasteiger partial charge in [-0.05, 0) is 44.5 Å². The maximum absolute atomic E-state index is 14.3. The van der Waals surface area contributed by atoms with Crippen molar-refractivity contribution in [1.82, 2.24) is 9.88 Å². The van der Waals surface area contributed by atoms with Gasteiger partial charge < -0.3 is 10.1 Å². The molecule has 1 N–H and O–H groups in total. The monoisotopic (exact) mass is 334 g/mol. The van der Waals surface area contributed by atoms with Crippen molar-refractivity contribution in [2.24, 2.45) is 0 Å². The second-order valence-corrected chi connectivity index (χ2v) is 6.84. The van der Waals surface area contributed by atoms with Crippen molar-refractivity contribution in [2.45, 2.75) is 39.3 Å². The predicted octanol–water partition coefficient (Wildman–Crippen LogP) is 3.86. The first-order valence-corrected chi connectivity index (χ1v) is 7.90. The van der Waals surface area contributed by atoms with Crippen LogP contribution in [0, 0.1) is 11.6 Å². The van der Waals surface area contributed by atoms with Crippen molar-refractivity contribution in [2.75, 3.05) is 6.54 Å². The number of benzene rings is 1. The van der Waals surface area contributed by atoms with Crippen LogP contribution in [0.15, 0.2) is 24.3 Å². The zero-order valence-corrected chi connectivity index (χ0v) is 14.0. The Labute approximate surface area is 139 Å². The molecule has 2 aromatic rings. The Kier molecular flexibility index (Phi) is 4.17. The second kappa shape index (κ2) is 6.02. The lowest BCUT2D eigenvalue weighted by Crippen LogP contribution is -2.31. The summed E-state index contributed by atoms with van der Waals surface area (Å²) in [7, 11) is 0. The van der Waals surface area contributed by atoms with Crippen molar-refractivity contribution in [3.05, 3.63) is 47.2 Å². The van der Waals surface area contributed by atoms with Gasteiger partial charge in [0.2, 0.25) is 0 Å². The minimum atomic E-state index is -0.706. The van der Waals surface area contributed by atoms with Crippen LogP contribution in [0.2, 0.25) is 0 Å². The summed E-state index contributed by atoms with van der Waals surface area (Å²) in [6, 6.07) is 5.33. The highest BCUT2D eigenvalue weighted by Gasteiger charge is 2.28. The Morgan fingerprint density at radius 3 is 2.54 bits per heavy atom. The molecule has 0 saturated heterocycles. The second-order valence-electron chi connectivity index (χ2n) is 6.84. The zero-order valence-electron chi connectivity index (χ0n) is 14.0. The molecule has 4 nitrogen and oxygen atoms in total. The number of halogens is 2. The van der Waals surface area contributed by atoms with E-state index >= 15 is 0 Å². The van der Waals surface area contributed by atoms with E-state index in [1.165, 1.54) is 22.8 Å². The molecule has 128 valence electrons. The fourth-order valence-corrected chi connectivity index (χ4v) is 2.90. The highest BCUT2D eigenvalue weighted by Crippen LogP contribution is 2.32. The fourth-order valence-electron chi connectivity index (χ4n) is 2.90. The summed E-state index contributed by atoms with van der Waals surface area (Å²) in [4.78, 5) is 12.7. The van der Waals surface area contributed by atoms with Gasteiger partial charge in [-0.15, -0.1) is 0 Å². The number of carbonyl (C=O) groups excluding carboxylic acids is 1. The summed E-state index contributed by atoms with van der Waals surface area (Å²) < 4.78 is 35.3. The van der Waals surface area contributed by atoms with Crippen LogP contribution < -0.4 is 5.32 Å². The van der Waals surface area contributed by atoms with Gasteiger partial charge in [0, 0.05) is 25.2 Å². The molecule has 1 aliphatic rings. The molecule has 0 atom stereocenters. The van der Waals surface area contributed by atoms with Gasteiger partial charge in [0.1, 0.15) is 17.2 Å². The molecule has 0 saturated carbocycles. The van der Waals surface area contributed by atoms with E-state index in [1.54, 1.807) is 26.8 Å². The van der Waals surface area contributed by atoms with Gasteiger partial charge in [0.25, 0.3) is 0 Å². The molecule has 0 amide bonds. The lowest BCUT2D eigenvalue weighted by Gasteiger charge is -2.23. The molecule has 0 fully saturated rings. The summed E-state index contributed by atoms with van der Waals surface area (Å²) in [6.07, 6.45) is -0.0340. The van der Waals surface area contributed by atoms with Gasteiger partial charge in [-0.3, -0.25) is 0 Å². The molecule has 0 aliphatic carbocycles. The van der Waals surface area contributed by atoms with E-state index in [9.17, 15) is 13.6 Å². The van der Waals surface area contributed by atoms with Gasteiger partial charge >= 0.3 is 6.09 Å². The topological polar surface area (TPSA) is 43.3 Å². The molecule has 2 heterocycles. The first-order valence-electron chi connectivity index (χ1n) is 7.90. The molecule has 0 radical (unpaired) electrons. The average Bonchev–Trinajstić information content (AvgIpc) is 2.84.